The third-order valence-electron chi connectivity index (χ3n) is 9.30. The summed E-state index contributed by atoms with van der Waals surface area (Å²) in [7, 11) is 1.91. The largest absolute Gasteiger partial charge is 0.343 e. The van der Waals surface area contributed by atoms with Crippen LogP contribution in [-0.4, -0.2) is 62.3 Å². The molecule has 0 saturated carbocycles. The summed E-state index contributed by atoms with van der Waals surface area (Å²) in [5, 5.41) is 0.753. The summed E-state index contributed by atoms with van der Waals surface area (Å²) in [5.74, 6) is 1.27. The number of likely N-dealkylation sites (tertiary alicyclic amines) is 2. The van der Waals surface area contributed by atoms with Gasteiger partial charge in [0.25, 0.3) is 0 Å². The van der Waals surface area contributed by atoms with Crippen LogP contribution in [0.1, 0.15) is 66.1 Å². The highest BCUT2D eigenvalue weighted by atomic mass is 79.9. The second kappa shape index (κ2) is 12.8. The normalized spacial score (nSPS) is 19.8. The molecule has 1 aromatic carbocycles. The molecule has 3 aromatic rings. The SMILES string of the molecule is Cn1cnc(CC(=O)N2CCC(CC(=O)N3CCC([C@H]4c5ncc(Br)cc5CCc5cc(Cl)cc(Br)c54)CC3)CC2)c1. The molecule has 0 spiro atoms. The van der Waals surface area contributed by atoms with Gasteiger partial charge in [-0.05, 0) is 101 Å². The van der Waals surface area contributed by atoms with Crippen LogP contribution in [0.15, 0.2) is 45.9 Å². The molecule has 4 heterocycles. The zero-order chi connectivity index (χ0) is 29.4. The highest BCUT2D eigenvalue weighted by molar-refractivity contribution is 9.10. The van der Waals surface area contributed by atoms with Crippen molar-refractivity contribution >= 4 is 55.3 Å². The topological polar surface area (TPSA) is 71.3 Å². The van der Waals surface area contributed by atoms with E-state index >= 15 is 0 Å². The molecule has 7 nitrogen and oxygen atoms in total. The molecule has 2 aliphatic heterocycles. The van der Waals surface area contributed by atoms with Gasteiger partial charge in [-0.15, -0.1) is 0 Å². The van der Waals surface area contributed by atoms with E-state index in [9.17, 15) is 9.59 Å². The number of fused-ring (bicyclic) bond motifs is 2. The van der Waals surface area contributed by atoms with E-state index in [2.05, 4.69) is 53.9 Å². The van der Waals surface area contributed by atoms with Gasteiger partial charge in [0.2, 0.25) is 11.8 Å². The maximum absolute atomic E-state index is 13.4. The maximum Gasteiger partial charge on any atom is 0.228 e. The van der Waals surface area contributed by atoms with Crippen molar-refractivity contribution in [3.05, 3.63) is 79.0 Å². The maximum atomic E-state index is 13.4. The second-order valence-electron chi connectivity index (χ2n) is 12.1. The predicted molar refractivity (Wildman–Crippen MR) is 170 cm³/mol. The lowest BCUT2D eigenvalue weighted by Crippen LogP contribution is -2.43. The molecule has 42 heavy (non-hydrogen) atoms. The van der Waals surface area contributed by atoms with Crippen LogP contribution in [0, 0.1) is 11.8 Å². The van der Waals surface area contributed by atoms with Crippen molar-refractivity contribution in [1.82, 2.24) is 24.3 Å². The zero-order valence-electron chi connectivity index (χ0n) is 23.9. The van der Waals surface area contributed by atoms with Crippen LogP contribution in [0.4, 0.5) is 0 Å². The van der Waals surface area contributed by atoms with Crippen LogP contribution in [0.2, 0.25) is 5.02 Å². The van der Waals surface area contributed by atoms with Crippen molar-refractivity contribution in [3.8, 4) is 0 Å². The van der Waals surface area contributed by atoms with Gasteiger partial charge in [0.05, 0.1) is 24.1 Å². The Balaban J connectivity index is 1.07. The molecule has 0 bridgehead atoms. The first kappa shape index (κ1) is 29.8. The number of piperidine rings is 2. The van der Waals surface area contributed by atoms with E-state index in [0.29, 0.717) is 37.8 Å². The first-order chi connectivity index (χ1) is 20.2. The Morgan fingerprint density at radius 1 is 0.929 bits per heavy atom. The molecule has 222 valence electrons. The van der Waals surface area contributed by atoms with Crippen LogP contribution in [0.3, 0.4) is 0 Å². The van der Waals surface area contributed by atoms with Gasteiger partial charge in [-0.1, -0.05) is 27.5 Å². The van der Waals surface area contributed by atoms with Gasteiger partial charge in [0, 0.05) is 71.9 Å². The summed E-state index contributed by atoms with van der Waals surface area (Å²) in [6, 6.07) is 6.34. The van der Waals surface area contributed by atoms with Crippen LogP contribution in [0.25, 0.3) is 0 Å². The lowest BCUT2D eigenvalue weighted by molar-refractivity contribution is -0.134. The number of nitrogens with zero attached hydrogens (tertiary/aromatic N) is 5. The lowest BCUT2D eigenvalue weighted by atomic mass is 9.76. The standard InChI is InChI=1S/C32H36Br2ClN5O2/c1-38-18-26(37-19-38)16-29(42)39-8-4-20(5-9-39)12-28(41)40-10-6-21(7-11-40)31-30-22(14-25(35)15-27(30)34)2-3-23-13-24(33)17-36-32(23)31/h13-15,17-21,31H,2-12,16H2,1H3/t31-/m1/s1. The van der Waals surface area contributed by atoms with Crippen molar-refractivity contribution in [3.63, 3.8) is 0 Å². The van der Waals surface area contributed by atoms with Crippen molar-refractivity contribution in [1.29, 1.82) is 0 Å². The number of imidazole rings is 1. The van der Waals surface area contributed by atoms with E-state index < -0.39 is 0 Å². The number of hydrogen-bond donors (Lipinski definition) is 0. The van der Waals surface area contributed by atoms with Crippen LogP contribution >= 0.6 is 43.5 Å². The van der Waals surface area contributed by atoms with Gasteiger partial charge >= 0.3 is 0 Å². The molecule has 1 atom stereocenters. The minimum atomic E-state index is 0.123. The van der Waals surface area contributed by atoms with Crippen molar-refractivity contribution in [2.24, 2.45) is 18.9 Å². The molecule has 2 fully saturated rings. The molecule has 3 aliphatic rings. The Morgan fingerprint density at radius 2 is 1.62 bits per heavy atom. The third kappa shape index (κ3) is 6.48. The van der Waals surface area contributed by atoms with Gasteiger partial charge < -0.3 is 14.4 Å². The minimum Gasteiger partial charge on any atom is -0.343 e. The number of aryl methyl sites for hydroxylation is 3. The van der Waals surface area contributed by atoms with Gasteiger partial charge in [-0.3, -0.25) is 14.6 Å². The van der Waals surface area contributed by atoms with E-state index in [1.54, 1.807) is 6.33 Å². The number of carbonyl (C=O) groups is 2. The van der Waals surface area contributed by atoms with Gasteiger partial charge in [0.1, 0.15) is 0 Å². The van der Waals surface area contributed by atoms with E-state index in [-0.39, 0.29) is 17.7 Å². The Bertz CT molecular complexity index is 1480. The van der Waals surface area contributed by atoms with Crippen LogP contribution in [0.5, 0.6) is 0 Å². The first-order valence-corrected chi connectivity index (χ1v) is 16.9. The van der Waals surface area contributed by atoms with Gasteiger partial charge in [0.15, 0.2) is 0 Å². The van der Waals surface area contributed by atoms with Crippen molar-refractivity contribution in [2.45, 2.75) is 57.3 Å². The average molecular weight is 718 g/mol. The number of benzene rings is 1. The number of hydrogen-bond acceptors (Lipinski definition) is 4. The Labute approximate surface area is 269 Å². The monoisotopic (exact) mass is 715 g/mol. The number of pyridine rings is 1. The third-order valence-corrected chi connectivity index (χ3v) is 10.6. The van der Waals surface area contributed by atoms with Gasteiger partial charge in [-0.2, -0.15) is 0 Å². The van der Waals surface area contributed by atoms with Crippen molar-refractivity contribution < 1.29 is 9.59 Å². The fourth-order valence-corrected chi connectivity index (χ4v) is 8.60. The summed E-state index contributed by atoms with van der Waals surface area (Å²) in [4.78, 5) is 39.4. The lowest BCUT2D eigenvalue weighted by Gasteiger charge is -2.38. The molecule has 2 aromatic heterocycles. The van der Waals surface area contributed by atoms with E-state index in [1.165, 1.54) is 16.7 Å². The predicted octanol–water partition coefficient (Wildman–Crippen LogP) is 6.33. The quantitative estimate of drug-likeness (QED) is 0.309. The number of aromatic nitrogens is 3. The van der Waals surface area contributed by atoms with Crippen LogP contribution < -0.4 is 0 Å². The molecule has 0 unspecified atom stereocenters. The summed E-state index contributed by atoms with van der Waals surface area (Å²) < 4.78 is 3.92. The summed E-state index contributed by atoms with van der Waals surface area (Å²) in [5.41, 5.74) is 5.85. The van der Waals surface area contributed by atoms with Gasteiger partial charge in [-0.25, -0.2) is 4.98 Å². The molecule has 2 amide bonds. The minimum absolute atomic E-state index is 0.123. The molecule has 0 N–H and O–H groups in total. The smallest absolute Gasteiger partial charge is 0.228 e. The molecule has 2 saturated heterocycles. The number of amides is 2. The molecule has 10 heteroatoms. The Kier molecular flexibility index (Phi) is 9.08. The molecular weight excluding hydrogens is 682 g/mol. The first-order valence-electron chi connectivity index (χ1n) is 14.9. The molecule has 1 aliphatic carbocycles. The van der Waals surface area contributed by atoms with Crippen LogP contribution in [-0.2, 0) is 35.9 Å². The zero-order valence-corrected chi connectivity index (χ0v) is 27.8. The van der Waals surface area contributed by atoms with E-state index in [4.69, 9.17) is 16.6 Å². The number of halogens is 3. The van der Waals surface area contributed by atoms with E-state index in [0.717, 1.165) is 77.0 Å². The highest BCUT2D eigenvalue weighted by Crippen LogP contribution is 2.46. The number of rotatable bonds is 5. The fourth-order valence-electron chi connectivity index (χ4n) is 7.10. The highest BCUT2D eigenvalue weighted by Gasteiger charge is 2.37. The number of carbonyl (C=O) groups excluding carboxylic acids is 2. The molecular formula is C32H36Br2ClN5O2. The Morgan fingerprint density at radius 3 is 2.33 bits per heavy atom. The fraction of sp³-hybridized carbons (Fsp3) is 0.500. The summed E-state index contributed by atoms with van der Waals surface area (Å²) >= 11 is 13.9. The van der Waals surface area contributed by atoms with E-state index in [1.807, 2.05) is 35.0 Å². The molecule has 0 radical (unpaired) electrons. The molecule has 6 rings (SSSR count). The average Bonchev–Trinajstić information content (AvgIpc) is 3.30. The second-order valence-corrected chi connectivity index (χ2v) is 14.3. The summed E-state index contributed by atoms with van der Waals surface area (Å²) in [6.45, 7) is 2.98. The van der Waals surface area contributed by atoms with Crippen molar-refractivity contribution in [2.75, 3.05) is 26.2 Å². The summed E-state index contributed by atoms with van der Waals surface area (Å²) in [6.07, 6.45) is 12.0. The Hall–Kier alpha value is -2.23.